The Hall–Kier alpha value is -1.39. The van der Waals surface area contributed by atoms with Crippen molar-refractivity contribution in [2.45, 2.75) is 12.5 Å². The molecule has 2 heterocycles. The number of carbonyl (C=O) groups is 1. The third-order valence-corrected chi connectivity index (χ3v) is 3.54. The van der Waals surface area contributed by atoms with E-state index in [1.807, 2.05) is 6.07 Å². The van der Waals surface area contributed by atoms with E-state index in [0.29, 0.717) is 12.5 Å². The normalized spacial score (nSPS) is 24.5. The van der Waals surface area contributed by atoms with Crippen LogP contribution in [-0.4, -0.2) is 37.5 Å². The maximum Gasteiger partial charge on any atom is 0.228 e. The number of rotatable bonds is 1. The SMILES string of the molecule is CN1CCNC(c2ccc3c(c2)CC(=O)N3)C1. The fourth-order valence-electron chi connectivity index (χ4n) is 2.59. The minimum Gasteiger partial charge on any atom is -0.326 e. The minimum absolute atomic E-state index is 0.103. The lowest BCUT2D eigenvalue weighted by atomic mass is 10.0. The van der Waals surface area contributed by atoms with E-state index in [-0.39, 0.29) is 5.91 Å². The third-order valence-electron chi connectivity index (χ3n) is 3.54. The highest BCUT2D eigenvalue weighted by molar-refractivity contribution is 5.99. The quantitative estimate of drug-likeness (QED) is 0.750. The van der Waals surface area contributed by atoms with Crippen molar-refractivity contribution in [3.8, 4) is 0 Å². The van der Waals surface area contributed by atoms with Gasteiger partial charge in [0.2, 0.25) is 5.91 Å². The largest absolute Gasteiger partial charge is 0.326 e. The highest BCUT2D eigenvalue weighted by Gasteiger charge is 2.22. The first-order valence-electron chi connectivity index (χ1n) is 6.07. The van der Waals surface area contributed by atoms with E-state index in [1.54, 1.807) is 0 Å². The first kappa shape index (κ1) is 10.7. The van der Waals surface area contributed by atoms with Crippen molar-refractivity contribution in [1.29, 1.82) is 0 Å². The Labute approximate surface area is 101 Å². The van der Waals surface area contributed by atoms with E-state index in [1.165, 1.54) is 5.56 Å². The van der Waals surface area contributed by atoms with Gasteiger partial charge in [0.05, 0.1) is 6.42 Å². The number of piperazine rings is 1. The summed E-state index contributed by atoms with van der Waals surface area (Å²) in [7, 11) is 2.15. The molecule has 0 aromatic heterocycles. The summed E-state index contributed by atoms with van der Waals surface area (Å²) in [6, 6.07) is 6.67. The van der Waals surface area contributed by atoms with Crippen LogP contribution in [0.1, 0.15) is 17.2 Å². The Morgan fingerprint density at radius 1 is 1.41 bits per heavy atom. The minimum atomic E-state index is 0.103. The number of hydrogen-bond acceptors (Lipinski definition) is 3. The van der Waals surface area contributed by atoms with Crippen LogP contribution in [0.25, 0.3) is 0 Å². The second-order valence-corrected chi connectivity index (χ2v) is 4.91. The molecule has 0 saturated carbocycles. The number of benzene rings is 1. The van der Waals surface area contributed by atoms with Crippen LogP contribution in [0.5, 0.6) is 0 Å². The molecular weight excluding hydrogens is 214 g/mol. The lowest BCUT2D eigenvalue weighted by Crippen LogP contribution is -2.43. The third kappa shape index (κ3) is 2.06. The first-order chi connectivity index (χ1) is 8.22. The van der Waals surface area contributed by atoms with Gasteiger partial charge in [-0.15, -0.1) is 0 Å². The summed E-state index contributed by atoms with van der Waals surface area (Å²) in [5.41, 5.74) is 3.39. The number of anilines is 1. The highest BCUT2D eigenvalue weighted by Crippen LogP contribution is 2.27. The standard InChI is InChI=1S/C13H17N3O/c1-16-5-4-14-12(8-16)9-2-3-11-10(6-9)7-13(17)15-11/h2-3,6,12,14H,4-5,7-8H2,1H3,(H,15,17). The number of carbonyl (C=O) groups excluding carboxylic acids is 1. The fraction of sp³-hybridized carbons (Fsp3) is 0.462. The Balaban J connectivity index is 1.84. The molecular formula is C13H17N3O. The Bertz CT molecular complexity index is 458. The summed E-state index contributed by atoms with van der Waals surface area (Å²) in [6.45, 7) is 3.15. The van der Waals surface area contributed by atoms with Crippen LogP contribution in [-0.2, 0) is 11.2 Å². The van der Waals surface area contributed by atoms with Gasteiger partial charge in [0.15, 0.2) is 0 Å². The molecule has 0 aliphatic carbocycles. The Morgan fingerprint density at radius 2 is 2.29 bits per heavy atom. The van der Waals surface area contributed by atoms with Crippen LogP contribution in [0.4, 0.5) is 5.69 Å². The molecule has 1 fully saturated rings. The second kappa shape index (κ2) is 4.13. The average molecular weight is 231 g/mol. The molecule has 17 heavy (non-hydrogen) atoms. The number of likely N-dealkylation sites (N-methyl/N-ethyl adjacent to an activating group) is 1. The smallest absolute Gasteiger partial charge is 0.228 e. The number of nitrogens with zero attached hydrogens (tertiary/aromatic N) is 1. The molecule has 1 unspecified atom stereocenters. The highest BCUT2D eigenvalue weighted by atomic mass is 16.1. The van der Waals surface area contributed by atoms with Gasteiger partial charge in [-0.1, -0.05) is 12.1 Å². The van der Waals surface area contributed by atoms with Gasteiger partial charge in [0.1, 0.15) is 0 Å². The number of hydrogen-bond donors (Lipinski definition) is 2. The maximum atomic E-state index is 11.3. The molecule has 2 N–H and O–H groups in total. The molecule has 3 rings (SSSR count). The van der Waals surface area contributed by atoms with Gasteiger partial charge in [-0.05, 0) is 24.2 Å². The summed E-state index contributed by atoms with van der Waals surface area (Å²) >= 11 is 0. The van der Waals surface area contributed by atoms with Gasteiger partial charge in [-0.25, -0.2) is 0 Å². The maximum absolute atomic E-state index is 11.3. The van der Waals surface area contributed by atoms with Crippen molar-refractivity contribution >= 4 is 11.6 Å². The molecule has 4 nitrogen and oxygen atoms in total. The van der Waals surface area contributed by atoms with Gasteiger partial charge in [0, 0.05) is 31.4 Å². The molecule has 4 heteroatoms. The summed E-state index contributed by atoms with van der Waals surface area (Å²) in [4.78, 5) is 13.6. The van der Waals surface area contributed by atoms with Crippen LogP contribution < -0.4 is 10.6 Å². The summed E-state index contributed by atoms with van der Waals surface area (Å²) in [5.74, 6) is 0.103. The van der Waals surface area contributed by atoms with E-state index in [4.69, 9.17) is 0 Å². The van der Waals surface area contributed by atoms with Crippen LogP contribution in [0.3, 0.4) is 0 Å². The molecule has 1 amide bonds. The molecule has 1 atom stereocenters. The molecule has 2 aliphatic heterocycles. The van der Waals surface area contributed by atoms with Crippen molar-refractivity contribution in [1.82, 2.24) is 10.2 Å². The zero-order chi connectivity index (χ0) is 11.8. The van der Waals surface area contributed by atoms with Crippen molar-refractivity contribution in [3.63, 3.8) is 0 Å². The van der Waals surface area contributed by atoms with E-state index >= 15 is 0 Å². The molecule has 0 spiro atoms. The van der Waals surface area contributed by atoms with Crippen LogP contribution in [0.15, 0.2) is 18.2 Å². The fourth-order valence-corrected chi connectivity index (χ4v) is 2.59. The number of amides is 1. The van der Waals surface area contributed by atoms with Gasteiger partial charge < -0.3 is 15.5 Å². The Morgan fingerprint density at radius 3 is 3.12 bits per heavy atom. The monoisotopic (exact) mass is 231 g/mol. The van der Waals surface area contributed by atoms with Gasteiger partial charge >= 0.3 is 0 Å². The molecule has 90 valence electrons. The molecule has 1 aromatic carbocycles. The van der Waals surface area contributed by atoms with E-state index < -0.39 is 0 Å². The van der Waals surface area contributed by atoms with Gasteiger partial charge in [-0.3, -0.25) is 4.79 Å². The second-order valence-electron chi connectivity index (χ2n) is 4.91. The lowest BCUT2D eigenvalue weighted by molar-refractivity contribution is -0.115. The Kier molecular flexibility index (Phi) is 2.61. The summed E-state index contributed by atoms with van der Waals surface area (Å²) < 4.78 is 0. The predicted molar refractivity (Wildman–Crippen MR) is 67.0 cm³/mol. The predicted octanol–water partition coefficient (Wildman–Crippen LogP) is 0.757. The summed E-state index contributed by atoms with van der Waals surface area (Å²) in [6.07, 6.45) is 0.520. The molecule has 1 saturated heterocycles. The van der Waals surface area contributed by atoms with Gasteiger partial charge in [-0.2, -0.15) is 0 Å². The van der Waals surface area contributed by atoms with Crippen molar-refractivity contribution in [2.75, 3.05) is 32.0 Å². The topological polar surface area (TPSA) is 44.4 Å². The zero-order valence-electron chi connectivity index (χ0n) is 9.99. The number of nitrogens with one attached hydrogen (secondary N) is 2. The van der Waals surface area contributed by atoms with E-state index in [9.17, 15) is 4.79 Å². The summed E-state index contributed by atoms with van der Waals surface area (Å²) in [5, 5.41) is 6.39. The van der Waals surface area contributed by atoms with E-state index in [2.05, 4.69) is 34.7 Å². The average Bonchev–Trinajstić information content (AvgIpc) is 2.68. The number of fused-ring (bicyclic) bond motifs is 1. The van der Waals surface area contributed by atoms with Crippen molar-refractivity contribution in [3.05, 3.63) is 29.3 Å². The van der Waals surface area contributed by atoms with Crippen molar-refractivity contribution in [2.24, 2.45) is 0 Å². The van der Waals surface area contributed by atoms with Gasteiger partial charge in [0.25, 0.3) is 0 Å². The van der Waals surface area contributed by atoms with Crippen molar-refractivity contribution < 1.29 is 4.79 Å². The van der Waals surface area contributed by atoms with Crippen LogP contribution in [0.2, 0.25) is 0 Å². The molecule has 2 aliphatic rings. The molecule has 0 bridgehead atoms. The molecule has 0 radical (unpaired) electrons. The lowest BCUT2D eigenvalue weighted by Gasteiger charge is -2.31. The first-order valence-corrected chi connectivity index (χ1v) is 6.07. The van der Waals surface area contributed by atoms with E-state index in [0.717, 1.165) is 30.9 Å². The zero-order valence-corrected chi connectivity index (χ0v) is 9.99. The van der Waals surface area contributed by atoms with Crippen LogP contribution in [0, 0.1) is 0 Å². The molecule has 1 aromatic rings. The van der Waals surface area contributed by atoms with Crippen LogP contribution >= 0.6 is 0 Å².